The van der Waals surface area contributed by atoms with Gasteiger partial charge in [-0.2, -0.15) is 0 Å². The summed E-state index contributed by atoms with van der Waals surface area (Å²) in [5.41, 5.74) is 0. The van der Waals surface area contributed by atoms with Crippen LogP contribution in [-0.2, 0) is 4.79 Å². The maximum Gasteiger partial charge on any atom is 0.225 e. The molecule has 0 bridgehead atoms. The van der Waals surface area contributed by atoms with Crippen LogP contribution in [0.25, 0.3) is 0 Å². The Morgan fingerprint density at radius 1 is 1.50 bits per heavy atom. The number of hydrogen-bond donors (Lipinski definition) is 1. The Balaban J connectivity index is 2.43. The molecule has 1 amide bonds. The van der Waals surface area contributed by atoms with Crippen LogP contribution in [0.4, 0.5) is 0 Å². The molecule has 1 unspecified atom stereocenters. The SMILES string of the molecule is CCCN(CCO)C(=O)C(C)C1CC1. The smallest absolute Gasteiger partial charge is 0.225 e. The third-order valence-electron chi connectivity index (χ3n) is 2.89. The number of hydrogen-bond acceptors (Lipinski definition) is 2. The molecule has 1 aliphatic carbocycles. The number of carbonyl (C=O) groups excluding carboxylic acids is 1. The number of carbonyl (C=O) groups is 1. The summed E-state index contributed by atoms with van der Waals surface area (Å²) in [6.07, 6.45) is 3.36. The molecule has 0 saturated heterocycles. The molecule has 1 rings (SSSR count). The van der Waals surface area contributed by atoms with Crippen molar-refractivity contribution < 1.29 is 9.90 Å². The van der Waals surface area contributed by atoms with Gasteiger partial charge in [0, 0.05) is 19.0 Å². The zero-order chi connectivity index (χ0) is 10.6. The van der Waals surface area contributed by atoms with Gasteiger partial charge in [-0.15, -0.1) is 0 Å². The molecule has 0 heterocycles. The molecular formula is C11H21NO2. The predicted octanol–water partition coefficient (Wildman–Crippen LogP) is 1.26. The van der Waals surface area contributed by atoms with Crippen molar-refractivity contribution in [2.75, 3.05) is 19.7 Å². The third-order valence-corrected chi connectivity index (χ3v) is 2.89. The van der Waals surface area contributed by atoms with E-state index < -0.39 is 0 Å². The lowest BCUT2D eigenvalue weighted by molar-refractivity contribution is -0.136. The molecule has 0 aromatic rings. The molecule has 1 fully saturated rings. The van der Waals surface area contributed by atoms with Gasteiger partial charge in [-0.3, -0.25) is 4.79 Å². The molecule has 0 aromatic heterocycles. The van der Waals surface area contributed by atoms with Crippen molar-refractivity contribution in [3.8, 4) is 0 Å². The Morgan fingerprint density at radius 2 is 2.14 bits per heavy atom. The Labute approximate surface area is 86.1 Å². The fourth-order valence-corrected chi connectivity index (χ4v) is 1.81. The second-order valence-corrected chi connectivity index (χ2v) is 4.17. The molecule has 3 heteroatoms. The second-order valence-electron chi connectivity index (χ2n) is 4.17. The summed E-state index contributed by atoms with van der Waals surface area (Å²) in [6.45, 7) is 5.41. The van der Waals surface area contributed by atoms with Crippen LogP contribution in [0.2, 0.25) is 0 Å². The molecule has 14 heavy (non-hydrogen) atoms. The van der Waals surface area contributed by atoms with Gasteiger partial charge in [0.25, 0.3) is 0 Å². The van der Waals surface area contributed by atoms with Crippen LogP contribution in [0.5, 0.6) is 0 Å². The minimum absolute atomic E-state index is 0.0725. The number of amides is 1. The fourth-order valence-electron chi connectivity index (χ4n) is 1.81. The molecule has 3 nitrogen and oxygen atoms in total. The van der Waals surface area contributed by atoms with Gasteiger partial charge < -0.3 is 10.0 Å². The van der Waals surface area contributed by atoms with E-state index in [1.54, 1.807) is 4.90 Å². The van der Waals surface area contributed by atoms with Gasteiger partial charge >= 0.3 is 0 Å². The van der Waals surface area contributed by atoms with E-state index >= 15 is 0 Å². The first-order valence-electron chi connectivity index (χ1n) is 5.60. The van der Waals surface area contributed by atoms with Crippen LogP contribution in [0, 0.1) is 11.8 Å². The van der Waals surface area contributed by atoms with Crippen molar-refractivity contribution in [3.05, 3.63) is 0 Å². The van der Waals surface area contributed by atoms with Crippen LogP contribution < -0.4 is 0 Å². The summed E-state index contributed by atoms with van der Waals surface area (Å²) in [5.74, 6) is 0.997. The number of aliphatic hydroxyl groups is 1. The van der Waals surface area contributed by atoms with Crippen molar-refractivity contribution in [1.82, 2.24) is 4.90 Å². The largest absolute Gasteiger partial charge is 0.395 e. The molecule has 0 spiro atoms. The van der Waals surface area contributed by atoms with E-state index in [1.165, 1.54) is 12.8 Å². The molecule has 1 atom stereocenters. The quantitative estimate of drug-likeness (QED) is 0.699. The number of rotatable bonds is 6. The number of aliphatic hydroxyl groups excluding tert-OH is 1. The average molecular weight is 199 g/mol. The lowest BCUT2D eigenvalue weighted by atomic mass is 10.0. The summed E-state index contributed by atoms with van der Waals surface area (Å²) < 4.78 is 0. The summed E-state index contributed by atoms with van der Waals surface area (Å²) in [7, 11) is 0. The summed E-state index contributed by atoms with van der Waals surface area (Å²) in [5, 5.41) is 8.85. The van der Waals surface area contributed by atoms with Crippen molar-refractivity contribution >= 4 is 5.91 Å². The summed E-state index contributed by atoms with van der Waals surface area (Å²) in [4.78, 5) is 13.7. The van der Waals surface area contributed by atoms with E-state index in [1.807, 2.05) is 6.92 Å². The monoisotopic (exact) mass is 199 g/mol. The molecule has 0 aromatic carbocycles. The Bertz CT molecular complexity index is 184. The predicted molar refractivity (Wildman–Crippen MR) is 55.8 cm³/mol. The Kier molecular flexibility index (Phi) is 4.39. The van der Waals surface area contributed by atoms with Crippen LogP contribution in [0.15, 0.2) is 0 Å². The Hall–Kier alpha value is -0.570. The van der Waals surface area contributed by atoms with Crippen molar-refractivity contribution in [2.45, 2.75) is 33.1 Å². The minimum Gasteiger partial charge on any atom is -0.395 e. The van der Waals surface area contributed by atoms with Gasteiger partial charge in [-0.25, -0.2) is 0 Å². The minimum atomic E-state index is 0.0725. The van der Waals surface area contributed by atoms with Crippen LogP contribution in [-0.4, -0.2) is 35.6 Å². The summed E-state index contributed by atoms with van der Waals surface area (Å²) in [6, 6.07) is 0. The first-order chi connectivity index (χ1) is 6.70. The van der Waals surface area contributed by atoms with Crippen LogP contribution in [0.3, 0.4) is 0 Å². The van der Waals surface area contributed by atoms with Gasteiger partial charge in [0.2, 0.25) is 5.91 Å². The molecule has 0 radical (unpaired) electrons. The van der Waals surface area contributed by atoms with Crippen molar-refractivity contribution in [1.29, 1.82) is 0 Å². The highest BCUT2D eigenvalue weighted by molar-refractivity contribution is 5.79. The number of nitrogens with zero attached hydrogens (tertiary/aromatic N) is 1. The van der Waals surface area contributed by atoms with E-state index in [0.717, 1.165) is 13.0 Å². The Morgan fingerprint density at radius 3 is 2.57 bits per heavy atom. The van der Waals surface area contributed by atoms with E-state index in [0.29, 0.717) is 12.5 Å². The van der Waals surface area contributed by atoms with Gasteiger partial charge in [0.15, 0.2) is 0 Å². The second kappa shape index (κ2) is 5.35. The van der Waals surface area contributed by atoms with E-state index in [4.69, 9.17) is 5.11 Å². The molecule has 1 saturated carbocycles. The maximum atomic E-state index is 11.9. The standard InChI is InChI=1S/C11H21NO2/c1-3-6-12(7-8-13)11(14)9(2)10-4-5-10/h9-10,13H,3-8H2,1-2H3. The normalized spacial score (nSPS) is 17.9. The molecule has 0 aliphatic heterocycles. The lowest BCUT2D eigenvalue weighted by Gasteiger charge is -2.24. The van der Waals surface area contributed by atoms with Crippen molar-refractivity contribution in [3.63, 3.8) is 0 Å². The maximum absolute atomic E-state index is 11.9. The van der Waals surface area contributed by atoms with Gasteiger partial charge in [0.05, 0.1) is 6.61 Å². The zero-order valence-electron chi connectivity index (χ0n) is 9.20. The zero-order valence-corrected chi connectivity index (χ0v) is 9.20. The van der Waals surface area contributed by atoms with Crippen LogP contribution in [0.1, 0.15) is 33.1 Å². The van der Waals surface area contributed by atoms with E-state index in [9.17, 15) is 4.79 Å². The topological polar surface area (TPSA) is 40.5 Å². The van der Waals surface area contributed by atoms with Gasteiger partial charge in [-0.1, -0.05) is 13.8 Å². The lowest BCUT2D eigenvalue weighted by Crippen LogP contribution is -2.38. The van der Waals surface area contributed by atoms with E-state index in [2.05, 4.69) is 6.92 Å². The first kappa shape index (κ1) is 11.5. The molecule has 82 valence electrons. The summed E-state index contributed by atoms with van der Waals surface area (Å²) >= 11 is 0. The molecule has 1 aliphatic rings. The highest BCUT2D eigenvalue weighted by Crippen LogP contribution is 2.37. The highest BCUT2D eigenvalue weighted by Gasteiger charge is 2.34. The molecule has 1 N–H and O–H groups in total. The van der Waals surface area contributed by atoms with E-state index in [-0.39, 0.29) is 18.4 Å². The van der Waals surface area contributed by atoms with Crippen LogP contribution >= 0.6 is 0 Å². The third kappa shape index (κ3) is 2.98. The van der Waals surface area contributed by atoms with Gasteiger partial charge in [-0.05, 0) is 25.2 Å². The average Bonchev–Trinajstić information content (AvgIpc) is 2.98. The van der Waals surface area contributed by atoms with Gasteiger partial charge in [0.1, 0.15) is 0 Å². The fraction of sp³-hybridized carbons (Fsp3) is 0.909. The van der Waals surface area contributed by atoms with Crippen molar-refractivity contribution in [2.24, 2.45) is 11.8 Å². The first-order valence-corrected chi connectivity index (χ1v) is 5.60. The highest BCUT2D eigenvalue weighted by atomic mass is 16.3. The molecular weight excluding hydrogens is 178 g/mol.